The first kappa shape index (κ1) is 64.0. The molecule has 4 unspecified atom stereocenters. The van der Waals surface area contributed by atoms with Gasteiger partial charge in [-0.05, 0) is 48.4 Å². The van der Waals surface area contributed by atoms with Crippen LogP contribution in [0.4, 0.5) is 0 Å². The van der Waals surface area contributed by atoms with E-state index < -0.39 is 99.2 Å². The number of nitrogens with two attached hydrogens (primary N) is 1. The van der Waals surface area contributed by atoms with Crippen LogP contribution in [0.15, 0.2) is 0 Å². The Kier molecular flexibility index (Phi) is 32.7. The van der Waals surface area contributed by atoms with Crippen LogP contribution in [0.1, 0.15) is 127 Å². The number of hydrogen-bond acceptors (Lipinski definition) is 17. The number of amides is 1. The second kappa shape index (κ2) is 34.3. The Morgan fingerprint density at radius 2 is 1.06 bits per heavy atom. The van der Waals surface area contributed by atoms with Crippen LogP contribution in [0, 0.1) is 47.9 Å². The maximum Gasteiger partial charge on any atom is 0.472 e. The molecule has 0 aromatic heterocycles. The number of aliphatic hydroxyl groups is 2. The number of esters is 2. The molecule has 396 valence electrons. The van der Waals surface area contributed by atoms with E-state index in [9.17, 15) is 77.1 Å². The molecule has 0 radical (unpaired) electrons. The molecule has 1 fully saturated rings. The number of nitrogens with one attached hydrogen (secondary N) is 1. The molecule has 0 aromatic rings. The number of ether oxygens (including phenoxy) is 2. The molecule has 0 aliphatic heterocycles. The summed E-state index contributed by atoms with van der Waals surface area (Å²) in [5.41, 5.74) is 2.03. The molecule has 0 heterocycles. The molecular formula is C38H76N2O23P4. The van der Waals surface area contributed by atoms with E-state index in [2.05, 4.69) is 50.1 Å². The Balaban J connectivity index is -0.000000481. The summed E-state index contributed by atoms with van der Waals surface area (Å²) in [6.45, 7) is 2.14. The number of aliphatic hydroxyl groups excluding tert-OH is 2. The van der Waals surface area contributed by atoms with Crippen LogP contribution in [0.2, 0.25) is 0 Å². The minimum atomic E-state index is -5.81. The molecule has 0 bridgehead atoms. The molecule has 67 heavy (non-hydrogen) atoms. The summed E-state index contributed by atoms with van der Waals surface area (Å²) in [5.74, 6) is 17.6. The minimum Gasteiger partial charge on any atom is -0.456 e. The number of hydrogen-bond donors (Lipinski definition) is 11. The molecule has 8 atom stereocenters. The maximum absolute atomic E-state index is 13.1. The van der Waals surface area contributed by atoms with Crippen LogP contribution >= 0.6 is 31.3 Å². The Labute approximate surface area is 399 Å². The molecule has 1 saturated carbocycles. The highest BCUT2D eigenvalue weighted by atomic mass is 31.2. The van der Waals surface area contributed by atoms with Gasteiger partial charge in [0.1, 0.15) is 43.2 Å². The molecule has 1 amide bonds. The first-order valence-corrected chi connectivity index (χ1v) is 26.9. The van der Waals surface area contributed by atoms with E-state index in [4.69, 9.17) is 30.8 Å². The Hall–Kier alpha value is -3.03. The van der Waals surface area contributed by atoms with Gasteiger partial charge in [0.15, 0.2) is 6.10 Å². The molecule has 12 N–H and O–H groups in total. The summed E-state index contributed by atoms with van der Waals surface area (Å²) in [6.07, 6.45) is 1.48. The summed E-state index contributed by atoms with van der Waals surface area (Å²) in [4.78, 5) is 102. The topological polar surface area (TPSA) is 404 Å². The zero-order chi connectivity index (χ0) is 51.1. The van der Waals surface area contributed by atoms with Crippen molar-refractivity contribution in [3.8, 4) is 47.9 Å². The monoisotopic (exact) mass is 1050 g/mol. The van der Waals surface area contributed by atoms with Crippen molar-refractivity contribution in [2.75, 3.05) is 13.2 Å². The van der Waals surface area contributed by atoms with Gasteiger partial charge < -0.3 is 53.9 Å². The summed E-state index contributed by atoms with van der Waals surface area (Å²) >= 11 is 0. The predicted molar refractivity (Wildman–Crippen MR) is 249 cm³/mol. The first-order chi connectivity index (χ1) is 31.3. The van der Waals surface area contributed by atoms with Crippen LogP contribution < -0.4 is 11.3 Å². The second-order valence-electron chi connectivity index (χ2n) is 14.4. The normalized spacial score (nSPS) is 20.5. The predicted octanol–water partition coefficient (Wildman–Crippen LogP) is 3.74. The van der Waals surface area contributed by atoms with Gasteiger partial charge in [-0.15, -0.1) is 6.42 Å². The highest BCUT2D eigenvalue weighted by Gasteiger charge is 2.59. The van der Waals surface area contributed by atoms with E-state index in [0.29, 0.717) is 19.3 Å². The lowest BCUT2D eigenvalue weighted by atomic mass is 9.85. The van der Waals surface area contributed by atoms with Crippen LogP contribution in [0.5, 0.6) is 0 Å². The van der Waals surface area contributed by atoms with Gasteiger partial charge in [0.25, 0.3) is 0 Å². The fourth-order valence-corrected chi connectivity index (χ4v) is 8.50. The number of phosphoric acid groups is 4. The SMILES string of the molecule is C#CC#CC#CC#CC(=O)OC[C@H](COP(=O)(O)OC1C(O)[C@@H](OP(=O)(O)O)C(OP(=O)(O)O)[C@@H](OP(=O)(O)O)[C@H]1O)OC(=O)CCCCCCCCCCCCCCC.CCCC(=O)NN.[HH].[HH].[HH].[HH].[HH].[HH].[HH]. The molecule has 1 aliphatic carbocycles. The van der Waals surface area contributed by atoms with Crippen molar-refractivity contribution in [3.63, 3.8) is 0 Å². The van der Waals surface area contributed by atoms with Crippen LogP contribution in [-0.4, -0.2) is 118 Å². The summed E-state index contributed by atoms with van der Waals surface area (Å²) in [7, 11) is -23.1. The fraction of sp³-hybridized carbons (Fsp3) is 0.711. The third-order valence-corrected chi connectivity index (χ3v) is 11.3. The smallest absolute Gasteiger partial charge is 0.456 e. The van der Waals surface area contributed by atoms with Gasteiger partial charge in [-0.25, -0.2) is 28.9 Å². The number of phosphoric ester groups is 4. The molecule has 29 heteroatoms. The molecule has 0 aromatic carbocycles. The number of carbonyl (C=O) groups excluding carboxylic acids is 3. The summed E-state index contributed by atoms with van der Waals surface area (Å²) in [6, 6.07) is 0. The zero-order valence-corrected chi connectivity index (χ0v) is 40.5. The van der Waals surface area contributed by atoms with Crippen molar-refractivity contribution in [1.82, 2.24) is 5.43 Å². The summed E-state index contributed by atoms with van der Waals surface area (Å²) < 4.78 is 80.7. The maximum atomic E-state index is 13.1. The van der Waals surface area contributed by atoms with E-state index in [0.717, 1.165) is 38.5 Å². The highest BCUT2D eigenvalue weighted by molar-refractivity contribution is 7.47. The largest absolute Gasteiger partial charge is 0.472 e. The molecule has 1 rings (SSSR count). The number of rotatable bonds is 30. The van der Waals surface area contributed by atoms with E-state index in [1.807, 2.05) is 24.2 Å². The minimum absolute atomic E-state index is 0. The first-order valence-electron chi connectivity index (χ1n) is 20.9. The molecule has 0 saturated heterocycles. The van der Waals surface area contributed by atoms with Gasteiger partial charge in [-0.2, -0.15) is 0 Å². The van der Waals surface area contributed by atoms with Crippen LogP contribution in [0.3, 0.4) is 0 Å². The van der Waals surface area contributed by atoms with Crippen molar-refractivity contribution in [2.45, 2.75) is 159 Å². The van der Waals surface area contributed by atoms with Crippen LogP contribution in [0.25, 0.3) is 0 Å². The lowest BCUT2D eigenvalue weighted by molar-refractivity contribution is -0.209. The van der Waals surface area contributed by atoms with E-state index >= 15 is 0 Å². The lowest BCUT2D eigenvalue weighted by Crippen LogP contribution is -2.65. The van der Waals surface area contributed by atoms with Gasteiger partial charge in [-0.1, -0.05) is 90.9 Å². The van der Waals surface area contributed by atoms with Gasteiger partial charge in [0, 0.05) is 28.7 Å². The van der Waals surface area contributed by atoms with E-state index in [1.54, 1.807) is 0 Å². The second-order valence-corrected chi connectivity index (χ2v) is 19.4. The van der Waals surface area contributed by atoms with Crippen LogP contribution in [-0.2, 0) is 64.7 Å². The van der Waals surface area contributed by atoms with E-state index in [-0.39, 0.29) is 22.3 Å². The number of carbonyl (C=O) groups is 3. The lowest BCUT2D eigenvalue weighted by Gasteiger charge is -2.45. The Bertz CT molecular complexity index is 1940. The molecule has 0 spiro atoms. The highest BCUT2D eigenvalue weighted by Crippen LogP contribution is 2.53. The number of unbranched alkanes of at least 4 members (excludes halogenated alkanes) is 12. The van der Waals surface area contributed by atoms with E-state index in [1.165, 1.54) is 38.5 Å². The van der Waals surface area contributed by atoms with Gasteiger partial charge in [0.05, 0.1) is 6.61 Å². The van der Waals surface area contributed by atoms with Gasteiger partial charge in [-0.3, -0.25) is 37.6 Å². The summed E-state index contributed by atoms with van der Waals surface area (Å²) in [5, 5.41) is 21.6. The Morgan fingerprint density at radius 3 is 1.49 bits per heavy atom. The van der Waals surface area contributed by atoms with Crippen molar-refractivity contribution in [3.05, 3.63) is 0 Å². The quantitative estimate of drug-likeness (QED) is 0.00713. The van der Waals surface area contributed by atoms with Crippen molar-refractivity contribution < 1.29 is 119 Å². The average molecular weight is 1050 g/mol. The molecule has 1 aliphatic rings. The van der Waals surface area contributed by atoms with Gasteiger partial charge >= 0.3 is 43.2 Å². The van der Waals surface area contributed by atoms with Crippen molar-refractivity contribution in [1.29, 1.82) is 0 Å². The number of hydrazine groups is 1. The van der Waals surface area contributed by atoms with Crippen molar-refractivity contribution >= 4 is 49.1 Å². The van der Waals surface area contributed by atoms with Crippen molar-refractivity contribution in [2.24, 2.45) is 5.84 Å². The Morgan fingerprint density at radius 1 is 0.612 bits per heavy atom. The number of terminal acetylenes is 1. The standard InChI is InChI=1S/C34H52O22P4.C4H10N2O.7H2/c1-3-5-7-9-11-12-13-14-15-16-17-19-21-23-28(36)52-26(24-50-27(35)22-20-18-10-8-6-4-2)25-51-60(48,49)56-31-29(37)32(53-57(39,40)41)34(55-59(45,46)47)33(30(31)38)54-58(42,43)44;1-2-3-4(7)6-5;;;;;;;/h2,26,29-34,37-38H,3,5,7,9,11-17,19,21,23-25H2,1H3,(H,48,49)(H2,39,40,41)(H2,42,43,44)(H2,45,46,47);2-3,5H2,1H3,(H,6,7);7*1H/t26-,29+,30?,31?,32+,33-,34?;;;;;;;;/m1......../s1. The fourth-order valence-electron chi connectivity index (χ4n) is 5.84. The zero-order valence-electron chi connectivity index (χ0n) is 37.0. The molecule has 25 nitrogen and oxygen atoms in total. The molecular weight excluding hydrogens is 976 g/mol. The van der Waals surface area contributed by atoms with Gasteiger partial charge in [0.2, 0.25) is 5.91 Å². The third-order valence-electron chi connectivity index (χ3n) is 8.76. The average Bonchev–Trinajstić information content (AvgIpc) is 3.22. The third kappa shape index (κ3) is 33.2.